The van der Waals surface area contributed by atoms with Gasteiger partial charge in [0.25, 0.3) is 0 Å². The van der Waals surface area contributed by atoms with E-state index in [1.54, 1.807) is 7.05 Å². The first-order valence-corrected chi connectivity index (χ1v) is 2.46. The van der Waals surface area contributed by atoms with E-state index in [2.05, 4.69) is 10.2 Å². The summed E-state index contributed by atoms with van der Waals surface area (Å²) in [5.41, 5.74) is 2.67. The molecule has 8 heavy (non-hydrogen) atoms. The van der Waals surface area contributed by atoms with Gasteiger partial charge in [0.2, 0.25) is 0 Å². The molecule has 1 rings (SSSR count). The van der Waals surface area contributed by atoms with E-state index in [1.165, 1.54) is 5.01 Å². The maximum Gasteiger partial charge on any atom is 0.424 e. The van der Waals surface area contributed by atoms with Crippen LogP contribution in [0.25, 0.3) is 0 Å². The van der Waals surface area contributed by atoms with Gasteiger partial charge in [-0.15, -0.1) is 0 Å². The zero-order chi connectivity index (χ0) is 5.98. The SMILES string of the molecule is CNN1CCOC1=O. The van der Waals surface area contributed by atoms with Gasteiger partial charge < -0.3 is 4.74 Å². The van der Waals surface area contributed by atoms with Gasteiger partial charge in [-0.2, -0.15) is 0 Å². The van der Waals surface area contributed by atoms with E-state index >= 15 is 0 Å². The Labute approximate surface area is 47.4 Å². The summed E-state index contributed by atoms with van der Waals surface area (Å²) in [5, 5.41) is 1.42. The molecule has 0 aromatic heterocycles. The van der Waals surface area contributed by atoms with Crippen molar-refractivity contribution in [2.24, 2.45) is 0 Å². The molecule has 1 amide bonds. The molecule has 0 unspecified atom stereocenters. The summed E-state index contributed by atoms with van der Waals surface area (Å²) >= 11 is 0. The molecule has 1 saturated heterocycles. The van der Waals surface area contributed by atoms with Gasteiger partial charge in [-0.05, 0) is 0 Å². The van der Waals surface area contributed by atoms with Crippen molar-refractivity contribution in [1.82, 2.24) is 10.4 Å². The first-order valence-electron chi connectivity index (χ1n) is 2.46. The minimum Gasteiger partial charge on any atom is -0.447 e. The van der Waals surface area contributed by atoms with Gasteiger partial charge in [0.05, 0.1) is 6.54 Å². The Hall–Kier alpha value is -0.770. The Morgan fingerprint density at radius 1 is 1.88 bits per heavy atom. The molecule has 0 spiro atoms. The molecule has 1 aliphatic rings. The maximum absolute atomic E-state index is 10.4. The molecule has 1 heterocycles. The van der Waals surface area contributed by atoms with Crippen molar-refractivity contribution in [3.63, 3.8) is 0 Å². The van der Waals surface area contributed by atoms with Gasteiger partial charge in [-0.3, -0.25) is 0 Å². The van der Waals surface area contributed by atoms with E-state index in [4.69, 9.17) is 0 Å². The standard InChI is InChI=1S/C4H8N2O2/c1-5-6-2-3-8-4(6)7/h5H,2-3H2,1H3. The Bertz CT molecular complexity index is 104. The highest BCUT2D eigenvalue weighted by Gasteiger charge is 2.19. The van der Waals surface area contributed by atoms with E-state index in [-0.39, 0.29) is 6.09 Å². The summed E-state index contributed by atoms with van der Waals surface area (Å²) in [4.78, 5) is 10.4. The maximum atomic E-state index is 10.4. The van der Waals surface area contributed by atoms with Crippen LogP contribution in [0.1, 0.15) is 0 Å². The van der Waals surface area contributed by atoms with E-state index in [0.29, 0.717) is 13.2 Å². The van der Waals surface area contributed by atoms with Crippen LogP contribution in [-0.4, -0.2) is 31.3 Å². The molecule has 1 aliphatic heterocycles. The fraction of sp³-hybridized carbons (Fsp3) is 0.750. The smallest absolute Gasteiger partial charge is 0.424 e. The predicted molar refractivity (Wildman–Crippen MR) is 27.1 cm³/mol. The third-order valence-corrected chi connectivity index (χ3v) is 1.03. The zero-order valence-electron chi connectivity index (χ0n) is 4.68. The van der Waals surface area contributed by atoms with Crippen LogP contribution in [0.3, 0.4) is 0 Å². The molecule has 0 aromatic carbocycles. The molecule has 0 bridgehead atoms. The average Bonchev–Trinajstić information content (AvgIpc) is 2.14. The van der Waals surface area contributed by atoms with Crippen molar-refractivity contribution in [2.75, 3.05) is 20.2 Å². The summed E-state index contributed by atoms with van der Waals surface area (Å²) in [6.07, 6.45) is -0.285. The lowest BCUT2D eigenvalue weighted by molar-refractivity contribution is 0.149. The number of ether oxygens (including phenoxy) is 1. The minimum absolute atomic E-state index is 0.285. The summed E-state index contributed by atoms with van der Waals surface area (Å²) in [5.74, 6) is 0. The zero-order valence-corrected chi connectivity index (χ0v) is 4.68. The van der Waals surface area contributed by atoms with E-state index < -0.39 is 0 Å². The number of rotatable bonds is 1. The molecule has 1 fully saturated rings. The number of nitrogens with one attached hydrogen (secondary N) is 1. The fourth-order valence-electron chi connectivity index (χ4n) is 0.597. The lowest BCUT2D eigenvalue weighted by Gasteiger charge is -2.07. The van der Waals surface area contributed by atoms with Crippen molar-refractivity contribution in [2.45, 2.75) is 0 Å². The molecular weight excluding hydrogens is 108 g/mol. The van der Waals surface area contributed by atoms with Crippen LogP contribution in [0.15, 0.2) is 0 Å². The van der Waals surface area contributed by atoms with Crippen molar-refractivity contribution < 1.29 is 9.53 Å². The largest absolute Gasteiger partial charge is 0.447 e. The molecule has 0 saturated carbocycles. The van der Waals surface area contributed by atoms with Crippen molar-refractivity contribution in [3.8, 4) is 0 Å². The molecule has 4 heteroatoms. The minimum atomic E-state index is -0.285. The van der Waals surface area contributed by atoms with Crippen molar-refractivity contribution >= 4 is 6.09 Å². The highest BCUT2D eigenvalue weighted by Crippen LogP contribution is 1.96. The average molecular weight is 116 g/mol. The van der Waals surface area contributed by atoms with Crippen LogP contribution in [-0.2, 0) is 4.74 Å². The van der Waals surface area contributed by atoms with Gasteiger partial charge in [-0.1, -0.05) is 0 Å². The summed E-state index contributed by atoms with van der Waals surface area (Å²) < 4.78 is 4.58. The number of carbonyl (C=O) groups excluding carboxylic acids is 1. The normalized spacial score (nSPS) is 19.1. The summed E-state index contributed by atoms with van der Waals surface area (Å²) in [6.45, 7) is 1.15. The van der Waals surface area contributed by atoms with E-state index in [0.717, 1.165) is 0 Å². The molecule has 46 valence electrons. The molecule has 4 nitrogen and oxygen atoms in total. The fourth-order valence-corrected chi connectivity index (χ4v) is 0.597. The second kappa shape index (κ2) is 2.00. The van der Waals surface area contributed by atoms with Gasteiger partial charge in [-0.25, -0.2) is 15.2 Å². The van der Waals surface area contributed by atoms with Gasteiger partial charge in [0, 0.05) is 7.05 Å². The molecule has 0 atom stereocenters. The second-order valence-corrected chi connectivity index (χ2v) is 1.49. The predicted octanol–water partition coefficient (Wildman–Crippen LogP) is -0.427. The lowest BCUT2D eigenvalue weighted by atomic mass is 10.7. The number of hydrazine groups is 1. The Kier molecular flexibility index (Phi) is 1.34. The lowest BCUT2D eigenvalue weighted by Crippen LogP contribution is -2.35. The highest BCUT2D eigenvalue weighted by molar-refractivity contribution is 5.68. The quantitative estimate of drug-likeness (QED) is 0.505. The summed E-state index contributed by atoms with van der Waals surface area (Å²) in [6, 6.07) is 0. The van der Waals surface area contributed by atoms with Crippen LogP contribution in [0.2, 0.25) is 0 Å². The molecule has 1 N–H and O–H groups in total. The van der Waals surface area contributed by atoms with Crippen LogP contribution in [0.5, 0.6) is 0 Å². The first-order chi connectivity index (χ1) is 3.84. The van der Waals surface area contributed by atoms with Crippen LogP contribution >= 0.6 is 0 Å². The Balaban J connectivity index is 2.42. The van der Waals surface area contributed by atoms with Crippen molar-refractivity contribution in [3.05, 3.63) is 0 Å². The molecule has 0 radical (unpaired) electrons. The second-order valence-electron chi connectivity index (χ2n) is 1.49. The number of cyclic esters (lactones) is 1. The third kappa shape index (κ3) is 0.742. The molecule has 0 aliphatic carbocycles. The monoisotopic (exact) mass is 116 g/mol. The van der Waals surface area contributed by atoms with Crippen LogP contribution < -0.4 is 5.43 Å². The Morgan fingerprint density at radius 2 is 2.62 bits per heavy atom. The van der Waals surface area contributed by atoms with E-state index in [9.17, 15) is 4.79 Å². The summed E-state index contributed by atoms with van der Waals surface area (Å²) in [7, 11) is 1.69. The number of hydrogen-bond acceptors (Lipinski definition) is 3. The van der Waals surface area contributed by atoms with Gasteiger partial charge in [0.1, 0.15) is 6.61 Å². The molecule has 0 aromatic rings. The van der Waals surface area contributed by atoms with Crippen LogP contribution in [0, 0.1) is 0 Å². The van der Waals surface area contributed by atoms with Gasteiger partial charge in [0.15, 0.2) is 0 Å². The number of nitrogens with zero attached hydrogens (tertiary/aromatic N) is 1. The van der Waals surface area contributed by atoms with Gasteiger partial charge >= 0.3 is 6.09 Å². The van der Waals surface area contributed by atoms with Crippen LogP contribution in [0.4, 0.5) is 4.79 Å². The number of amides is 1. The Morgan fingerprint density at radius 3 is 2.88 bits per heavy atom. The number of carbonyl (C=O) groups is 1. The van der Waals surface area contributed by atoms with E-state index in [1.807, 2.05) is 0 Å². The highest BCUT2D eigenvalue weighted by atomic mass is 16.6. The molecular formula is C4H8N2O2. The number of hydrogen-bond donors (Lipinski definition) is 1. The first kappa shape index (κ1) is 5.37. The topological polar surface area (TPSA) is 41.6 Å². The van der Waals surface area contributed by atoms with Crippen molar-refractivity contribution in [1.29, 1.82) is 0 Å². The third-order valence-electron chi connectivity index (χ3n) is 1.03.